The average Bonchev–Trinajstić information content (AvgIpc) is 3.29. The molecule has 9 heteroatoms. The van der Waals surface area contributed by atoms with Gasteiger partial charge in [0.2, 0.25) is 0 Å². The zero-order valence-electron chi connectivity index (χ0n) is 22.7. The first kappa shape index (κ1) is 28.2. The highest BCUT2D eigenvalue weighted by Gasteiger charge is 2.25. The van der Waals surface area contributed by atoms with Crippen LogP contribution in [0.15, 0.2) is 60.7 Å². The number of aromatic nitrogens is 2. The van der Waals surface area contributed by atoms with E-state index < -0.39 is 23.1 Å². The van der Waals surface area contributed by atoms with Crippen LogP contribution in [-0.4, -0.2) is 43.5 Å². The Morgan fingerprint density at radius 3 is 2.17 bits per heavy atom. The number of fused-ring (bicyclic) bond motifs is 1. The van der Waals surface area contributed by atoms with Gasteiger partial charge >= 0.3 is 17.9 Å². The van der Waals surface area contributed by atoms with Gasteiger partial charge in [-0.25, -0.2) is 14.6 Å². The first-order valence-electron chi connectivity index (χ1n) is 12.8. The van der Waals surface area contributed by atoms with Crippen molar-refractivity contribution in [1.29, 1.82) is 0 Å². The lowest BCUT2D eigenvalue weighted by molar-refractivity contribution is -0.154. The number of hydrogen-bond acceptors (Lipinski definition) is 6. The minimum absolute atomic E-state index is 0.0319. The molecule has 0 aliphatic rings. The topological polar surface area (TPSA) is 136 Å². The number of imidazole rings is 1. The molecular weight excluding hydrogens is 512 g/mol. The number of aryl methyl sites for hydroxylation is 1. The van der Waals surface area contributed by atoms with Gasteiger partial charge in [0.25, 0.3) is 5.78 Å². The van der Waals surface area contributed by atoms with E-state index >= 15 is 0 Å². The summed E-state index contributed by atoms with van der Waals surface area (Å²) in [5, 5.41) is 19.1. The Morgan fingerprint density at radius 1 is 0.900 bits per heavy atom. The van der Waals surface area contributed by atoms with Crippen molar-refractivity contribution in [1.82, 2.24) is 9.55 Å². The van der Waals surface area contributed by atoms with E-state index in [1.165, 1.54) is 12.1 Å². The molecule has 4 aromatic rings. The number of carbonyl (C=O) groups is 4. The lowest BCUT2D eigenvalue weighted by Gasteiger charge is -2.17. The monoisotopic (exact) mass is 542 g/mol. The third-order valence-corrected chi connectivity index (χ3v) is 6.55. The number of esters is 1. The Labute approximate surface area is 231 Å². The number of carbonyl (C=O) groups excluding carboxylic acids is 2. The standard InChI is InChI=1S/C31H30N2O7/c1-5-24-32-25-20(17-40-30(39)31(2,3)4)14-15-23(28(35)36)26(25)33(24)16-18-10-12-19(13-11-18)21-8-6-7-9-22(21)27(34)29(37)38/h6-15H,5,16-17H2,1-4H3,(H,35,36)(H,37,38). The van der Waals surface area contributed by atoms with Crippen LogP contribution in [0.4, 0.5) is 0 Å². The highest BCUT2D eigenvalue weighted by Crippen LogP contribution is 2.29. The van der Waals surface area contributed by atoms with Gasteiger partial charge < -0.3 is 19.5 Å². The molecule has 3 aromatic carbocycles. The summed E-state index contributed by atoms with van der Waals surface area (Å²) in [6.07, 6.45) is 0.539. The van der Waals surface area contributed by atoms with Crippen molar-refractivity contribution in [2.45, 2.75) is 47.3 Å². The van der Waals surface area contributed by atoms with Gasteiger partial charge in [-0.05, 0) is 43.5 Å². The summed E-state index contributed by atoms with van der Waals surface area (Å²) in [6.45, 7) is 7.50. The zero-order valence-corrected chi connectivity index (χ0v) is 22.7. The van der Waals surface area contributed by atoms with E-state index in [0.717, 1.165) is 5.56 Å². The second-order valence-electron chi connectivity index (χ2n) is 10.4. The van der Waals surface area contributed by atoms with Crippen LogP contribution in [0.2, 0.25) is 0 Å². The maximum absolute atomic E-state index is 12.4. The SMILES string of the molecule is CCc1nc2c(COC(=O)C(C)(C)C)ccc(C(=O)O)c2n1Cc1ccc(-c2ccccc2C(=O)C(=O)O)cc1. The van der Waals surface area contributed by atoms with Gasteiger partial charge in [0.1, 0.15) is 12.4 Å². The summed E-state index contributed by atoms with van der Waals surface area (Å²) in [7, 11) is 0. The lowest BCUT2D eigenvalue weighted by Crippen LogP contribution is -2.22. The minimum Gasteiger partial charge on any atom is -0.478 e. The first-order chi connectivity index (χ1) is 18.9. The number of nitrogens with zero attached hydrogens (tertiary/aromatic N) is 2. The van der Waals surface area contributed by atoms with Gasteiger partial charge in [-0.3, -0.25) is 9.59 Å². The molecule has 0 bridgehead atoms. The average molecular weight is 543 g/mol. The number of benzene rings is 3. The Morgan fingerprint density at radius 2 is 1.57 bits per heavy atom. The third-order valence-electron chi connectivity index (χ3n) is 6.55. The van der Waals surface area contributed by atoms with Gasteiger partial charge in [0.05, 0.1) is 22.0 Å². The summed E-state index contributed by atoms with van der Waals surface area (Å²) in [5.74, 6) is -3.30. The van der Waals surface area contributed by atoms with Crippen LogP contribution in [0.25, 0.3) is 22.2 Å². The highest BCUT2D eigenvalue weighted by atomic mass is 16.5. The van der Waals surface area contributed by atoms with Crippen LogP contribution in [0.1, 0.15) is 65.4 Å². The number of ether oxygens (including phenoxy) is 1. The largest absolute Gasteiger partial charge is 0.478 e. The van der Waals surface area contributed by atoms with E-state index in [1.54, 1.807) is 57.2 Å². The van der Waals surface area contributed by atoms with Crippen molar-refractivity contribution in [3.8, 4) is 11.1 Å². The number of carboxylic acids is 2. The van der Waals surface area contributed by atoms with Crippen LogP contribution in [0.3, 0.4) is 0 Å². The summed E-state index contributed by atoms with van der Waals surface area (Å²) >= 11 is 0. The molecule has 9 nitrogen and oxygen atoms in total. The van der Waals surface area contributed by atoms with Gasteiger partial charge in [0, 0.05) is 24.1 Å². The van der Waals surface area contributed by atoms with E-state index in [0.29, 0.717) is 46.5 Å². The number of ketones is 1. The van der Waals surface area contributed by atoms with Crippen LogP contribution in [-0.2, 0) is 33.9 Å². The van der Waals surface area contributed by atoms with Gasteiger partial charge in [-0.2, -0.15) is 0 Å². The van der Waals surface area contributed by atoms with Crippen LogP contribution < -0.4 is 0 Å². The molecule has 0 fully saturated rings. The molecule has 1 aromatic heterocycles. The van der Waals surface area contributed by atoms with Crippen molar-refractivity contribution >= 4 is 34.7 Å². The van der Waals surface area contributed by atoms with Crippen molar-refractivity contribution in [3.63, 3.8) is 0 Å². The van der Waals surface area contributed by atoms with Crippen molar-refractivity contribution < 1.29 is 34.1 Å². The third kappa shape index (κ3) is 5.63. The van der Waals surface area contributed by atoms with E-state index in [2.05, 4.69) is 0 Å². The summed E-state index contributed by atoms with van der Waals surface area (Å²) in [4.78, 5) is 52.7. The molecular formula is C31H30N2O7. The summed E-state index contributed by atoms with van der Waals surface area (Å²) in [5.41, 5.74) is 3.06. The van der Waals surface area contributed by atoms with Crippen LogP contribution in [0.5, 0.6) is 0 Å². The van der Waals surface area contributed by atoms with Crippen molar-refractivity contribution in [2.24, 2.45) is 5.41 Å². The minimum atomic E-state index is -1.52. The maximum Gasteiger partial charge on any atom is 0.377 e. The number of Topliss-reactive ketones (excluding diaryl/α,β-unsaturated/α-hetero) is 1. The molecule has 0 unspecified atom stereocenters. The maximum atomic E-state index is 12.4. The lowest BCUT2D eigenvalue weighted by atomic mass is 9.96. The van der Waals surface area contributed by atoms with Gasteiger partial charge in [0.15, 0.2) is 0 Å². The quantitative estimate of drug-likeness (QED) is 0.164. The fourth-order valence-corrected chi connectivity index (χ4v) is 4.45. The number of hydrogen-bond donors (Lipinski definition) is 2. The Balaban J connectivity index is 1.73. The first-order valence-corrected chi connectivity index (χ1v) is 12.8. The van der Waals surface area contributed by atoms with E-state index in [-0.39, 0.29) is 23.7 Å². The van der Waals surface area contributed by atoms with Gasteiger partial charge in [-0.1, -0.05) is 61.5 Å². The highest BCUT2D eigenvalue weighted by molar-refractivity contribution is 6.41. The molecule has 0 saturated heterocycles. The fraction of sp³-hybridized carbons (Fsp3) is 0.258. The predicted molar refractivity (Wildman–Crippen MR) is 148 cm³/mol. The van der Waals surface area contributed by atoms with Crippen molar-refractivity contribution in [3.05, 3.63) is 88.7 Å². The number of carboxylic acid groups (broad SMARTS) is 2. The van der Waals surface area contributed by atoms with E-state index in [4.69, 9.17) is 9.72 Å². The Hall–Kier alpha value is -4.79. The van der Waals surface area contributed by atoms with Crippen LogP contribution >= 0.6 is 0 Å². The molecule has 0 spiro atoms. The Kier molecular flexibility index (Phi) is 7.86. The zero-order chi connectivity index (χ0) is 29.2. The molecule has 0 saturated carbocycles. The smallest absolute Gasteiger partial charge is 0.377 e. The summed E-state index contributed by atoms with van der Waals surface area (Å²) < 4.78 is 7.35. The van der Waals surface area contributed by atoms with E-state index in [1.807, 2.05) is 23.6 Å². The van der Waals surface area contributed by atoms with Crippen LogP contribution in [0, 0.1) is 5.41 Å². The molecule has 2 N–H and O–H groups in total. The van der Waals surface area contributed by atoms with Crippen molar-refractivity contribution in [2.75, 3.05) is 0 Å². The number of rotatable bonds is 9. The molecule has 0 aliphatic carbocycles. The number of aliphatic carboxylic acids is 1. The van der Waals surface area contributed by atoms with Gasteiger partial charge in [-0.15, -0.1) is 0 Å². The summed E-state index contributed by atoms with van der Waals surface area (Å²) in [6, 6.07) is 16.9. The number of aromatic carboxylic acids is 1. The molecule has 206 valence electrons. The molecule has 0 radical (unpaired) electrons. The van der Waals surface area contributed by atoms with E-state index in [9.17, 15) is 29.4 Å². The Bertz CT molecular complexity index is 1630. The molecule has 0 amide bonds. The second kappa shape index (κ2) is 11.1. The molecule has 0 aliphatic heterocycles. The normalized spacial score (nSPS) is 11.4. The molecule has 0 atom stereocenters. The predicted octanol–water partition coefficient (Wildman–Crippen LogP) is 5.37. The molecule has 1 heterocycles. The molecule has 4 rings (SSSR count). The molecule has 40 heavy (non-hydrogen) atoms. The second-order valence-corrected chi connectivity index (χ2v) is 10.4. The fourth-order valence-electron chi connectivity index (χ4n) is 4.45.